The molecule has 0 aromatic heterocycles. The average Bonchev–Trinajstić information content (AvgIpc) is 2.63. The fraction of sp³-hybridized carbons (Fsp3) is 0.615. The van der Waals surface area contributed by atoms with Crippen LogP contribution in [0.5, 0.6) is 0 Å². The van der Waals surface area contributed by atoms with Crippen LogP contribution < -0.4 is 5.32 Å². The molecule has 3 amide bonds. The second-order valence-electron chi connectivity index (χ2n) is 5.97. The Balaban J connectivity index is 2.75. The number of nitrogens with one attached hydrogen (secondary N) is 1. The lowest BCUT2D eigenvalue weighted by Crippen LogP contribution is -2.46. The molecule has 134 valence electrons. The van der Waals surface area contributed by atoms with E-state index in [1.807, 2.05) is 5.32 Å². The van der Waals surface area contributed by atoms with Crippen LogP contribution in [0.4, 0.5) is 4.79 Å². The first-order chi connectivity index (χ1) is 10.9. The molecule has 0 bridgehead atoms. The first-order valence-electron chi connectivity index (χ1n) is 6.88. The number of ether oxygens (including phenoxy) is 2. The lowest BCUT2D eigenvalue weighted by molar-refractivity contribution is -0.177. The Labute approximate surface area is 136 Å². The summed E-state index contributed by atoms with van der Waals surface area (Å²) in [5.74, 6) is -4.78. The van der Waals surface area contributed by atoms with E-state index in [1.165, 1.54) is 0 Å². The number of imide groups is 1. The van der Waals surface area contributed by atoms with Crippen LogP contribution in [0.2, 0.25) is 0 Å². The Morgan fingerprint density at radius 1 is 1.33 bits per heavy atom. The summed E-state index contributed by atoms with van der Waals surface area (Å²) in [6.07, 6.45) is -4.03. The van der Waals surface area contributed by atoms with Crippen molar-refractivity contribution in [1.29, 1.82) is 0 Å². The van der Waals surface area contributed by atoms with Crippen molar-refractivity contribution in [2.75, 3.05) is 0 Å². The number of nitrogens with zero attached hydrogens (tertiary/aromatic N) is 1. The van der Waals surface area contributed by atoms with Crippen LogP contribution in [0.25, 0.3) is 0 Å². The summed E-state index contributed by atoms with van der Waals surface area (Å²) in [6, 6.07) is -1.63. The van der Waals surface area contributed by atoms with Gasteiger partial charge in [0.25, 0.3) is 11.8 Å². The monoisotopic (exact) mass is 346 g/mol. The van der Waals surface area contributed by atoms with E-state index in [2.05, 4.69) is 0 Å². The fourth-order valence-corrected chi connectivity index (χ4v) is 1.72. The Bertz CT molecular complexity index is 566. The van der Waals surface area contributed by atoms with Crippen molar-refractivity contribution in [3.05, 3.63) is 0 Å². The summed E-state index contributed by atoms with van der Waals surface area (Å²) >= 11 is 0. The maximum absolute atomic E-state index is 12.0. The number of carbonyl (C=O) groups is 5. The molecule has 1 fully saturated rings. The Morgan fingerprint density at radius 3 is 2.33 bits per heavy atom. The molecule has 0 spiro atoms. The molecule has 1 heterocycles. The predicted molar refractivity (Wildman–Crippen MR) is 73.5 cm³/mol. The molecule has 11 heteroatoms. The van der Waals surface area contributed by atoms with Crippen molar-refractivity contribution in [3.63, 3.8) is 0 Å². The molecule has 1 aliphatic rings. The first kappa shape index (κ1) is 19.4. The third-order valence-electron chi connectivity index (χ3n) is 2.69. The number of carboxylic acids is 1. The molecule has 24 heavy (non-hydrogen) atoms. The van der Waals surface area contributed by atoms with Crippen molar-refractivity contribution in [2.24, 2.45) is 0 Å². The van der Waals surface area contributed by atoms with Gasteiger partial charge in [0, 0.05) is 0 Å². The quantitative estimate of drug-likeness (QED) is 0.336. The van der Waals surface area contributed by atoms with Gasteiger partial charge in [-0.3, -0.25) is 19.6 Å². The van der Waals surface area contributed by atoms with E-state index in [0.29, 0.717) is 0 Å². The second kappa shape index (κ2) is 7.25. The largest absolute Gasteiger partial charge is 0.481 e. The van der Waals surface area contributed by atoms with Crippen molar-refractivity contribution < 1.29 is 43.8 Å². The van der Waals surface area contributed by atoms with Gasteiger partial charge < -0.3 is 19.9 Å². The highest BCUT2D eigenvalue weighted by Crippen LogP contribution is 2.15. The molecule has 11 nitrogen and oxygen atoms in total. The number of hydrogen-bond donors (Lipinski definition) is 3. The summed E-state index contributed by atoms with van der Waals surface area (Å²) in [5.41, 5.74) is -0.882. The number of amides is 3. The van der Waals surface area contributed by atoms with E-state index < -0.39 is 60.4 Å². The highest BCUT2D eigenvalue weighted by Gasteiger charge is 2.42. The van der Waals surface area contributed by atoms with E-state index >= 15 is 0 Å². The van der Waals surface area contributed by atoms with Gasteiger partial charge in [-0.1, -0.05) is 0 Å². The number of esters is 1. The van der Waals surface area contributed by atoms with E-state index in [9.17, 15) is 24.0 Å². The fourth-order valence-electron chi connectivity index (χ4n) is 1.72. The smallest absolute Gasteiger partial charge is 0.408 e. The topological polar surface area (TPSA) is 160 Å². The van der Waals surface area contributed by atoms with Crippen molar-refractivity contribution in [3.8, 4) is 0 Å². The molecular formula is C13H18N2O9. The van der Waals surface area contributed by atoms with Gasteiger partial charge >= 0.3 is 18.0 Å². The van der Waals surface area contributed by atoms with Gasteiger partial charge in [-0.05, 0) is 20.8 Å². The Kier molecular flexibility index (Phi) is 5.85. The zero-order valence-corrected chi connectivity index (χ0v) is 13.3. The first-order valence-corrected chi connectivity index (χ1v) is 6.88. The van der Waals surface area contributed by atoms with Crippen molar-refractivity contribution in [2.45, 2.75) is 51.4 Å². The van der Waals surface area contributed by atoms with E-state index in [1.54, 1.807) is 20.8 Å². The molecule has 2 atom stereocenters. The Morgan fingerprint density at radius 2 is 1.92 bits per heavy atom. The normalized spacial score (nSPS) is 19.0. The molecule has 3 N–H and O–H groups in total. The van der Waals surface area contributed by atoms with Crippen LogP contribution in [-0.2, 0) is 28.7 Å². The van der Waals surface area contributed by atoms with Crippen LogP contribution >= 0.6 is 0 Å². The van der Waals surface area contributed by atoms with Crippen molar-refractivity contribution in [1.82, 2.24) is 10.4 Å². The lowest BCUT2D eigenvalue weighted by Gasteiger charge is -2.22. The number of carbonyl (C=O) groups excluding carboxylic acids is 4. The van der Waals surface area contributed by atoms with Crippen molar-refractivity contribution >= 4 is 29.8 Å². The van der Waals surface area contributed by atoms with Gasteiger partial charge in [0.2, 0.25) is 0 Å². The molecule has 1 aliphatic heterocycles. The van der Waals surface area contributed by atoms with Gasteiger partial charge in [0.05, 0.1) is 12.8 Å². The van der Waals surface area contributed by atoms with Crippen LogP contribution in [0, 0.1) is 0 Å². The maximum Gasteiger partial charge on any atom is 0.408 e. The van der Waals surface area contributed by atoms with Gasteiger partial charge in [0.1, 0.15) is 11.6 Å². The number of alkyl carbamates (subject to hydrolysis) is 1. The minimum atomic E-state index is -1.63. The molecule has 1 saturated heterocycles. The lowest BCUT2D eigenvalue weighted by atomic mass is 10.2. The summed E-state index contributed by atoms with van der Waals surface area (Å²) in [7, 11) is 0. The second-order valence-corrected chi connectivity index (χ2v) is 5.97. The molecule has 0 aliphatic carbocycles. The number of rotatable bonds is 5. The summed E-state index contributed by atoms with van der Waals surface area (Å²) in [5, 5.41) is 19.7. The maximum atomic E-state index is 12.0. The summed E-state index contributed by atoms with van der Waals surface area (Å²) in [6.45, 7) is 4.70. The zero-order chi connectivity index (χ0) is 18.7. The molecule has 1 unspecified atom stereocenters. The molecular weight excluding hydrogens is 328 g/mol. The van der Waals surface area contributed by atoms with E-state index in [4.69, 9.17) is 19.8 Å². The van der Waals surface area contributed by atoms with Gasteiger partial charge in [0.15, 0.2) is 6.10 Å². The highest BCUT2D eigenvalue weighted by molar-refractivity contribution is 6.04. The van der Waals surface area contributed by atoms with E-state index in [0.717, 1.165) is 0 Å². The average molecular weight is 346 g/mol. The van der Waals surface area contributed by atoms with Gasteiger partial charge in [-0.25, -0.2) is 9.59 Å². The minimum absolute atomic E-state index is 0.189. The van der Waals surface area contributed by atoms with Crippen LogP contribution in [0.1, 0.15) is 33.6 Å². The summed E-state index contributed by atoms with van der Waals surface area (Å²) < 4.78 is 9.62. The third kappa shape index (κ3) is 5.50. The summed E-state index contributed by atoms with van der Waals surface area (Å²) in [4.78, 5) is 57.0. The van der Waals surface area contributed by atoms with Crippen LogP contribution in [0.15, 0.2) is 0 Å². The molecule has 0 aromatic rings. The number of hydroxylamine groups is 2. The predicted octanol–water partition coefficient (Wildman–Crippen LogP) is -0.586. The SMILES string of the molecule is CC(C)(C)OC(=O)N[C@@H](CC(=O)O)C(=O)OC1CC(=O)N(O)C1=O. The highest BCUT2D eigenvalue weighted by atomic mass is 16.6. The van der Waals surface area contributed by atoms with Crippen LogP contribution in [-0.4, -0.2) is 63.0 Å². The minimum Gasteiger partial charge on any atom is -0.481 e. The third-order valence-corrected chi connectivity index (χ3v) is 2.69. The van der Waals surface area contributed by atoms with Gasteiger partial charge in [-0.15, -0.1) is 0 Å². The van der Waals surface area contributed by atoms with E-state index in [-0.39, 0.29) is 5.06 Å². The van der Waals surface area contributed by atoms with Crippen LogP contribution in [0.3, 0.4) is 0 Å². The molecule has 0 aromatic carbocycles. The number of hydrogen-bond acceptors (Lipinski definition) is 8. The zero-order valence-electron chi connectivity index (χ0n) is 13.3. The Hall–Kier alpha value is -2.69. The standard InChI is InChI=1S/C13H18N2O9/c1-13(2,3)24-12(21)14-6(4-9(17)18)11(20)23-7-5-8(16)15(22)10(7)19/h6-7,22H,4-5H2,1-3H3,(H,14,21)(H,17,18)/t6-,7?/m0/s1. The number of carboxylic acid groups (broad SMARTS) is 1. The molecule has 0 radical (unpaired) electrons. The molecule has 1 rings (SSSR count). The van der Waals surface area contributed by atoms with Gasteiger partial charge in [-0.2, -0.15) is 5.06 Å². The molecule has 0 saturated carbocycles. The number of aliphatic carboxylic acids is 1.